The van der Waals surface area contributed by atoms with Crippen molar-refractivity contribution in [3.05, 3.63) is 33.6 Å². The van der Waals surface area contributed by atoms with Crippen molar-refractivity contribution in [2.75, 3.05) is 6.61 Å². The fraction of sp³-hybridized carbons (Fsp3) is 0.333. The molecule has 1 aromatic carbocycles. The number of tetrazole rings is 1. The van der Waals surface area contributed by atoms with Crippen LogP contribution in [0.2, 0.25) is 0 Å². The van der Waals surface area contributed by atoms with Gasteiger partial charge >= 0.3 is 5.97 Å². The van der Waals surface area contributed by atoms with Crippen LogP contribution in [0.25, 0.3) is 0 Å². The molecule has 0 unspecified atom stereocenters. The Morgan fingerprint density at radius 3 is 2.80 bits per heavy atom. The number of benzene rings is 1. The van der Waals surface area contributed by atoms with Gasteiger partial charge in [0.05, 0.1) is 16.6 Å². The summed E-state index contributed by atoms with van der Waals surface area (Å²) in [6.45, 7) is 4.21. The molecule has 1 heterocycles. The molecule has 7 nitrogen and oxygen atoms in total. The van der Waals surface area contributed by atoms with Crippen LogP contribution >= 0.6 is 15.9 Å². The molecule has 0 fully saturated rings. The Hall–Kier alpha value is -1.96. The van der Waals surface area contributed by atoms with Gasteiger partial charge in [-0.1, -0.05) is 0 Å². The number of aromatic nitrogens is 4. The summed E-state index contributed by atoms with van der Waals surface area (Å²) in [7, 11) is 0. The maximum absolute atomic E-state index is 11.1. The highest BCUT2D eigenvalue weighted by Gasteiger charge is 2.14. The number of aromatic carboxylic acids is 1. The van der Waals surface area contributed by atoms with E-state index in [1.54, 1.807) is 19.9 Å². The van der Waals surface area contributed by atoms with Gasteiger partial charge < -0.3 is 9.84 Å². The minimum absolute atomic E-state index is 0.220. The number of hydrogen-bond donors (Lipinski definition) is 1. The van der Waals surface area contributed by atoms with Gasteiger partial charge in [-0.2, -0.15) is 4.80 Å². The minimum atomic E-state index is -0.978. The van der Waals surface area contributed by atoms with E-state index in [9.17, 15) is 4.79 Å². The van der Waals surface area contributed by atoms with Crippen LogP contribution in [0.1, 0.15) is 21.7 Å². The molecule has 1 aromatic heterocycles. The smallest absolute Gasteiger partial charge is 0.336 e. The van der Waals surface area contributed by atoms with E-state index in [2.05, 4.69) is 31.3 Å². The molecule has 20 heavy (non-hydrogen) atoms. The van der Waals surface area contributed by atoms with Crippen molar-refractivity contribution < 1.29 is 14.6 Å². The molecule has 0 spiro atoms. The van der Waals surface area contributed by atoms with Gasteiger partial charge in [0.1, 0.15) is 12.4 Å². The van der Waals surface area contributed by atoms with Crippen LogP contribution in [0.5, 0.6) is 5.75 Å². The lowest BCUT2D eigenvalue weighted by Crippen LogP contribution is -2.12. The molecule has 0 aliphatic heterocycles. The van der Waals surface area contributed by atoms with E-state index in [1.807, 2.05) is 0 Å². The normalized spacial score (nSPS) is 10.6. The van der Waals surface area contributed by atoms with Crippen molar-refractivity contribution >= 4 is 21.9 Å². The van der Waals surface area contributed by atoms with E-state index in [0.29, 0.717) is 34.8 Å². The Kier molecular flexibility index (Phi) is 4.33. The van der Waals surface area contributed by atoms with Gasteiger partial charge in [0.2, 0.25) is 0 Å². The van der Waals surface area contributed by atoms with E-state index in [1.165, 1.54) is 10.9 Å². The Morgan fingerprint density at radius 2 is 2.20 bits per heavy atom. The van der Waals surface area contributed by atoms with Crippen molar-refractivity contribution in [3.8, 4) is 5.75 Å². The lowest BCUT2D eigenvalue weighted by molar-refractivity contribution is 0.0695. The summed E-state index contributed by atoms with van der Waals surface area (Å²) in [5, 5.41) is 20.7. The van der Waals surface area contributed by atoms with E-state index >= 15 is 0 Å². The third kappa shape index (κ3) is 3.13. The van der Waals surface area contributed by atoms with Crippen molar-refractivity contribution in [1.29, 1.82) is 0 Å². The van der Waals surface area contributed by atoms with Crippen molar-refractivity contribution in [1.82, 2.24) is 20.2 Å². The number of ether oxygens (including phenoxy) is 1. The summed E-state index contributed by atoms with van der Waals surface area (Å²) in [5.41, 5.74) is 0.799. The average Bonchev–Trinajstić information content (AvgIpc) is 2.78. The van der Waals surface area contributed by atoms with Crippen LogP contribution in [-0.2, 0) is 6.54 Å². The predicted molar refractivity (Wildman–Crippen MR) is 73.9 cm³/mol. The zero-order valence-corrected chi connectivity index (χ0v) is 12.6. The summed E-state index contributed by atoms with van der Waals surface area (Å²) in [5.74, 6) is 0.130. The summed E-state index contributed by atoms with van der Waals surface area (Å²) in [4.78, 5) is 12.5. The van der Waals surface area contributed by atoms with E-state index in [-0.39, 0.29) is 5.56 Å². The first-order valence-corrected chi connectivity index (χ1v) is 6.68. The molecular weight excluding hydrogens is 328 g/mol. The lowest BCUT2D eigenvalue weighted by Gasteiger charge is -2.12. The molecule has 1 N–H and O–H groups in total. The summed E-state index contributed by atoms with van der Waals surface area (Å²) >= 11 is 3.35. The quantitative estimate of drug-likeness (QED) is 0.892. The summed E-state index contributed by atoms with van der Waals surface area (Å²) < 4.78 is 6.34. The summed E-state index contributed by atoms with van der Waals surface area (Å²) in [6.07, 6.45) is 0. The number of carboxylic acids is 1. The number of aryl methyl sites for hydroxylation is 1. The second-order valence-electron chi connectivity index (χ2n) is 4.14. The van der Waals surface area contributed by atoms with Gasteiger partial charge in [-0.25, -0.2) is 4.79 Å². The number of nitrogens with zero attached hydrogens (tertiary/aromatic N) is 4. The molecule has 0 atom stereocenters. The zero-order chi connectivity index (χ0) is 14.7. The lowest BCUT2D eigenvalue weighted by atomic mass is 10.1. The third-order valence-electron chi connectivity index (χ3n) is 2.68. The first-order valence-electron chi connectivity index (χ1n) is 5.88. The molecule has 106 valence electrons. The van der Waals surface area contributed by atoms with Crippen molar-refractivity contribution in [3.63, 3.8) is 0 Å². The first kappa shape index (κ1) is 14.4. The number of hydrogen-bond acceptors (Lipinski definition) is 5. The predicted octanol–water partition coefficient (Wildman–Crippen LogP) is 1.83. The Bertz CT molecular complexity index is 642. The molecule has 0 aliphatic rings. The summed E-state index contributed by atoms with van der Waals surface area (Å²) in [6, 6.07) is 3.20. The highest BCUT2D eigenvalue weighted by Crippen LogP contribution is 2.31. The Labute approximate surface area is 123 Å². The zero-order valence-electron chi connectivity index (χ0n) is 11.0. The molecule has 0 bridgehead atoms. The van der Waals surface area contributed by atoms with Gasteiger partial charge in [-0.3, -0.25) is 0 Å². The maximum Gasteiger partial charge on any atom is 0.336 e. The molecule has 8 heteroatoms. The van der Waals surface area contributed by atoms with Crippen molar-refractivity contribution in [2.24, 2.45) is 0 Å². The first-order chi connectivity index (χ1) is 9.49. The molecule has 2 rings (SSSR count). The van der Waals surface area contributed by atoms with Crippen LogP contribution in [0, 0.1) is 13.8 Å². The molecule has 2 aromatic rings. The van der Waals surface area contributed by atoms with Crippen LogP contribution < -0.4 is 4.74 Å². The van der Waals surface area contributed by atoms with Crippen LogP contribution in [0.3, 0.4) is 0 Å². The molecular formula is C12H13BrN4O3. The number of carboxylic acid groups (broad SMARTS) is 1. The highest BCUT2D eigenvalue weighted by molar-refractivity contribution is 9.10. The molecule has 0 saturated heterocycles. The van der Waals surface area contributed by atoms with E-state index < -0.39 is 5.97 Å². The topological polar surface area (TPSA) is 90.1 Å². The fourth-order valence-corrected chi connectivity index (χ4v) is 2.26. The maximum atomic E-state index is 11.1. The SMILES string of the molecule is Cc1nnn(CCOc2c(Br)ccc(C(=O)O)c2C)n1. The van der Waals surface area contributed by atoms with Gasteiger partial charge in [-0.05, 0) is 47.1 Å². The second kappa shape index (κ2) is 6.00. The molecule has 0 radical (unpaired) electrons. The number of halogens is 1. The van der Waals surface area contributed by atoms with Crippen LogP contribution in [0.15, 0.2) is 16.6 Å². The van der Waals surface area contributed by atoms with Gasteiger partial charge in [0, 0.05) is 5.56 Å². The number of carbonyl (C=O) groups is 1. The third-order valence-corrected chi connectivity index (χ3v) is 3.30. The van der Waals surface area contributed by atoms with Gasteiger partial charge in [0.15, 0.2) is 5.82 Å². The molecule has 0 saturated carbocycles. The number of rotatable bonds is 5. The average molecular weight is 341 g/mol. The fourth-order valence-electron chi connectivity index (χ4n) is 1.71. The van der Waals surface area contributed by atoms with E-state index in [4.69, 9.17) is 9.84 Å². The van der Waals surface area contributed by atoms with E-state index in [0.717, 1.165) is 0 Å². The Balaban J connectivity index is 2.09. The monoisotopic (exact) mass is 340 g/mol. The second-order valence-corrected chi connectivity index (χ2v) is 4.99. The van der Waals surface area contributed by atoms with Gasteiger partial charge in [0.25, 0.3) is 0 Å². The van der Waals surface area contributed by atoms with Crippen LogP contribution in [-0.4, -0.2) is 37.9 Å². The van der Waals surface area contributed by atoms with Crippen LogP contribution in [0.4, 0.5) is 0 Å². The highest BCUT2D eigenvalue weighted by atomic mass is 79.9. The molecule has 0 aliphatic carbocycles. The standard InChI is InChI=1S/C12H13BrN4O3/c1-7-9(12(18)19)3-4-10(13)11(7)20-6-5-17-15-8(2)14-16-17/h3-4H,5-6H2,1-2H3,(H,18,19). The Morgan fingerprint density at radius 1 is 1.45 bits per heavy atom. The van der Waals surface area contributed by atoms with Gasteiger partial charge in [-0.15, -0.1) is 10.2 Å². The largest absolute Gasteiger partial charge is 0.490 e. The minimum Gasteiger partial charge on any atom is -0.490 e. The molecule has 0 amide bonds. The van der Waals surface area contributed by atoms with Crippen molar-refractivity contribution in [2.45, 2.75) is 20.4 Å².